The number of rotatable bonds is 6. The second kappa shape index (κ2) is 9.78. The zero-order valence-electron chi connectivity index (χ0n) is 20.1. The van der Waals surface area contributed by atoms with Gasteiger partial charge in [-0.15, -0.1) is 22.7 Å². The molecule has 10 heteroatoms. The maximum atomic E-state index is 4.77. The van der Waals surface area contributed by atoms with Crippen molar-refractivity contribution >= 4 is 111 Å². The molecule has 184 valence electrons. The van der Waals surface area contributed by atoms with E-state index < -0.39 is 0 Å². The minimum atomic E-state index is 0.596. The molecule has 0 bridgehead atoms. The number of fused-ring (bicyclic) bond motifs is 5. The lowest BCUT2D eigenvalue weighted by atomic mass is 9.97. The molecule has 4 heterocycles. The number of nitrogens with zero attached hydrogens (tertiary/aromatic N) is 4. The van der Waals surface area contributed by atoms with Crippen molar-refractivity contribution in [2.24, 2.45) is 11.8 Å². The van der Waals surface area contributed by atoms with Crippen LogP contribution in [0.25, 0.3) is 53.7 Å². The van der Waals surface area contributed by atoms with E-state index in [1.165, 1.54) is 51.9 Å². The van der Waals surface area contributed by atoms with Gasteiger partial charge in [0.2, 0.25) is 0 Å². The summed E-state index contributed by atoms with van der Waals surface area (Å²) in [5.41, 5.74) is 8.72. The third-order valence-corrected chi connectivity index (χ3v) is 11.2. The highest BCUT2D eigenvalue weighted by molar-refractivity contribution is 9.11. The molecule has 0 fully saturated rings. The Morgan fingerprint density at radius 2 is 1.00 bits per heavy atom. The van der Waals surface area contributed by atoms with Gasteiger partial charge in [0.15, 0.2) is 0 Å². The Balaban J connectivity index is 1.59. The van der Waals surface area contributed by atoms with Crippen molar-refractivity contribution in [1.29, 1.82) is 0 Å². The molecule has 6 rings (SSSR count). The minimum Gasteiger partial charge on any atom is -0.172 e. The van der Waals surface area contributed by atoms with Crippen molar-refractivity contribution < 1.29 is 0 Å². The SMILES string of the molecule is CC(C)Cc1cc(-c2cc3c(cc(-c4cc(CC(C)C)c(Br)s4)c4nsnc43)c3nsnc23)sc1Br. The second-order valence-electron chi connectivity index (χ2n) is 9.88. The van der Waals surface area contributed by atoms with Gasteiger partial charge in [-0.3, -0.25) is 0 Å². The van der Waals surface area contributed by atoms with Crippen LogP contribution in [0.3, 0.4) is 0 Å². The fourth-order valence-corrected chi connectivity index (χ4v) is 9.28. The van der Waals surface area contributed by atoms with Gasteiger partial charge in [0.05, 0.1) is 31.0 Å². The maximum absolute atomic E-state index is 4.77. The summed E-state index contributed by atoms with van der Waals surface area (Å²) in [5, 5.41) is 2.18. The highest BCUT2D eigenvalue weighted by Gasteiger charge is 2.22. The molecule has 0 amide bonds. The average molecular weight is 679 g/mol. The number of hydrogen-bond acceptors (Lipinski definition) is 8. The molecule has 0 radical (unpaired) electrons. The molecule has 4 aromatic heterocycles. The van der Waals surface area contributed by atoms with E-state index >= 15 is 0 Å². The quantitative estimate of drug-likeness (QED) is 0.176. The Morgan fingerprint density at radius 3 is 1.39 bits per heavy atom. The first-order valence-corrected chi connectivity index (χ1v) is 16.4. The first-order chi connectivity index (χ1) is 17.3. The van der Waals surface area contributed by atoms with Crippen LogP contribution in [0, 0.1) is 11.8 Å². The zero-order chi connectivity index (χ0) is 25.1. The zero-order valence-corrected chi connectivity index (χ0v) is 26.5. The first kappa shape index (κ1) is 25.0. The van der Waals surface area contributed by atoms with Crippen molar-refractivity contribution in [3.05, 3.63) is 43.0 Å². The fourth-order valence-electron chi connectivity index (χ4n) is 4.67. The van der Waals surface area contributed by atoms with Crippen LogP contribution in [0.4, 0.5) is 0 Å². The van der Waals surface area contributed by atoms with Gasteiger partial charge in [-0.2, -0.15) is 17.5 Å². The Bertz CT molecular complexity index is 1610. The molecular formula is C26H22Br2N4S4. The van der Waals surface area contributed by atoms with E-state index in [1.807, 2.05) is 0 Å². The maximum Gasteiger partial charge on any atom is 0.114 e. The number of thiophene rings is 2. The van der Waals surface area contributed by atoms with Crippen LogP contribution in [0.1, 0.15) is 38.8 Å². The molecule has 0 saturated heterocycles. The topological polar surface area (TPSA) is 51.6 Å². The van der Waals surface area contributed by atoms with Gasteiger partial charge in [-0.1, -0.05) is 27.7 Å². The van der Waals surface area contributed by atoms with E-state index in [4.69, 9.17) is 17.5 Å². The smallest absolute Gasteiger partial charge is 0.114 e. The molecule has 0 aliphatic heterocycles. The van der Waals surface area contributed by atoms with Crippen LogP contribution in [-0.2, 0) is 12.8 Å². The van der Waals surface area contributed by atoms with Crippen LogP contribution >= 0.6 is 78.0 Å². The molecule has 0 saturated carbocycles. The molecule has 2 aromatic carbocycles. The third kappa shape index (κ3) is 4.37. The predicted molar refractivity (Wildman–Crippen MR) is 165 cm³/mol. The number of halogens is 2. The largest absolute Gasteiger partial charge is 0.172 e. The van der Waals surface area contributed by atoms with Gasteiger partial charge in [0, 0.05) is 31.7 Å². The summed E-state index contributed by atoms with van der Waals surface area (Å²) in [6.45, 7) is 9.02. The number of benzene rings is 2. The molecule has 0 unspecified atom stereocenters. The Morgan fingerprint density at radius 1 is 0.611 bits per heavy atom. The summed E-state index contributed by atoms with van der Waals surface area (Å²) < 4.78 is 21.4. The standard InChI is InChI=1S/C26H22Br2N4S4/c1-11(2)5-13-7-19(33-25(13)27)17-9-15-16(21-23(17)31-35-29-21)10-18(24-22(15)30-36-32-24)20-8-14(6-12(3)4)26(28)34-20/h7-12H,5-6H2,1-4H3. The molecule has 36 heavy (non-hydrogen) atoms. The van der Waals surface area contributed by atoms with Crippen molar-refractivity contribution in [1.82, 2.24) is 17.5 Å². The molecule has 0 aliphatic carbocycles. The highest BCUT2D eigenvalue weighted by Crippen LogP contribution is 2.45. The van der Waals surface area contributed by atoms with Crippen molar-refractivity contribution in [2.75, 3.05) is 0 Å². The van der Waals surface area contributed by atoms with Gasteiger partial charge in [0.1, 0.15) is 22.1 Å². The van der Waals surface area contributed by atoms with Crippen molar-refractivity contribution in [2.45, 2.75) is 40.5 Å². The van der Waals surface area contributed by atoms with Gasteiger partial charge in [-0.25, -0.2) is 0 Å². The molecule has 4 nitrogen and oxygen atoms in total. The Labute approximate surface area is 242 Å². The van der Waals surface area contributed by atoms with Crippen LogP contribution in [0.2, 0.25) is 0 Å². The fraction of sp³-hybridized carbons (Fsp3) is 0.308. The summed E-state index contributed by atoms with van der Waals surface area (Å²) in [4.78, 5) is 2.41. The van der Waals surface area contributed by atoms with Crippen LogP contribution in [0.5, 0.6) is 0 Å². The molecule has 0 spiro atoms. The van der Waals surface area contributed by atoms with E-state index in [0.717, 1.165) is 56.8 Å². The minimum absolute atomic E-state index is 0.596. The summed E-state index contributed by atoms with van der Waals surface area (Å²) in [6, 6.07) is 9.11. The summed E-state index contributed by atoms with van der Waals surface area (Å²) in [7, 11) is 0. The number of hydrogen-bond donors (Lipinski definition) is 0. The monoisotopic (exact) mass is 676 g/mol. The average Bonchev–Trinajstić information content (AvgIpc) is 3.60. The Kier molecular flexibility index (Phi) is 6.79. The summed E-state index contributed by atoms with van der Waals surface area (Å²) in [6.07, 6.45) is 2.09. The van der Waals surface area contributed by atoms with Gasteiger partial charge < -0.3 is 0 Å². The van der Waals surface area contributed by atoms with E-state index in [-0.39, 0.29) is 0 Å². The second-order valence-corrected chi connectivity index (χ2v) is 15.7. The van der Waals surface area contributed by atoms with Crippen molar-refractivity contribution in [3.8, 4) is 20.9 Å². The van der Waals surface area contributed by atoms with Crippen LogP contribution in [0.15, 0.2) is 31.8 Å². The third-order valence-electron chi connectivity index (χ3n) is 6.17. The van der Waals surface area contributed by atoms with Gasteiger partial charge in [0.25, 0.3) is 0 Å². The van der Waals surface area contributed by atoms with Crippen LogP contribution in [-0.4, -0.2) is 17.5 Å². The van der Waals surface area contributed by atoms with E-state index in [9.17, 15) is 0 Å². The Hall–Kier alpha value is -1.30. The normalized spacial score (nSPS) is 12.3. The lowest BCUT2D eigenvalue weighted by Crippen LogP contribution is -1.92. The lowest BCUT2D eigenvalue weighted by molar-refractivity contribution is 0.647. The molecule has 6 aromatic rings. The van der Waals surface area contributed by atoms with Gasteiger partial charge in [-0.05, 0) is 91.9 Å². The molecule has 0 aliphatic rings. The molecular weight excluding hydrogens is 656 g/mol. The first-order valence-electron chi connectivity index (χ1n) is 11.7. The highest BCUT2D eigenvalue weighted by atomic mass is 79.9. The summed E-state index contributed by atoms with van der Waals surface area (Å²) in [5.74, 6) is 1.19. The van der Waals surface area contributed by atoms with Crippen molar-refractivity contribution in [3.63, 3.8) is 0 Å². The van der Waals surface area contributed by atoms with E-state index in [0.29, 0.717) is 11.8 Å². The molecule has 0 atom stereocenters. The molecule has 0 N–H and O–H groups in total. The van der Waals surface area contributed by atoms with Gasteiger partial charge >= 0.3 is 0 Å². The number of aromatic nitrogens is 4. The van der Waals surface area contributed by atoms with Crippen LogP contribution < -0.4 is 0 Å². The lowest BCUT2D eigenvalue weighted by Gasteiger charge is -2.08. The predicted octanol–water partition coefficient (Wildman–Crippen LogP) is 10.2. The van der Waals surface area contributed by atoms with E-state index in [1.54, 1.807) is 22.7 Å². The summed E-state index contributed by atoms with van der Waals surface area (Å²) >= 11 is 13.7. The van der Waals surface area contributed by atoms with E-state index in [2.05, 4.69) is 83.8 Å².